The van der Waals surface area contributed by atoms with Gasteiger partial charge in [-0.05, 0) is 30.5 Å². The summed E-state index contributed by atoms with van der Waals surface area (Å²) in [6.45, 7) is -0.779. The first-order chi connectivity index (χ1) is 8.90. The van der Waals surface area contributed by atoms with Crippen LogP contribution in [-0.2, 0) is 0 Å². The Balaban J connectivity index is 2.22. The van der Waals surface area contributed by atoms with Gasteiger partial charge in [-0.2, -0.15) is 13.2 Å². The predicted molar refractivity (Wildman–Crippen MR) is 69.0 cm³/mol. The van der Waals surface area contributed by atoms with E-state index in [2.05, 4.69) is 0 Å². The zero-order valence-corrected chi connectivity index (χ0v) is 11.1. The minimum absolute atomic E-state index is 0.0193. The molecule has 1 aromatic rings. The first kappa shape index (κ1) is 14.6. The lowest BCUT2D eigenvalue weighted by Crippen LogP contribution is -2.41. The summed E-state index contributed by atoms with van der Waals surface area (Å²) in [6, 6.07) is 6.44. The van der Waals surface area contributed by atoms with Crippen molar-refractivity contribution in [1.29, 1.82) is 0 Å². The van der Waals surface area contributed by atoms with Crippen molar-refractivity contribution in [3.8, 4) is 0 Å². The van der Waals surface area contributed by atoms with Gasteiger partial charge in [-0.25, -0.2) is 0 Å². The molecule has 1 unspecified atom stereocenters. The molecule has 1 aliphatic rings. The zero-order valence-electron chi connectivity index (χ0n) is 10.3. The topological polar surface area (TPSA) is 29.3 Å². The molecular formula is C13H16ClF3N2. The molecule has 0 radical (unpaired) electrons. The molecule has 106 valence electrons. The minimum atomic E-state index is -4.21. The molecule has 1 saturated carbocycles. The summed E-state index contributed by atoms with van der Waals surface area (Å²) >= 11 is 5.90. The van der Waals surface area contributed by atoms with Crippen LogP contribution in [0, 0.1) is 0 Å². The van der Waals surface area contributed by atoms with Gasteiger partial charge in [-0.3, -0.25) is 4.90 Å². The lowest BCUT2D eigenvalue weighted by molar-refractivity contribution is -0.152. The maximum absolute atomic E-state index is 12.7. The third kappa shape index (κ3) is 4.09. The van der Waals surface area contributed by atoms with E-state index in [-0.39, 0.29) is 12.6 Å². The molecular weight excluding hydrogens is 277 g/mol. The molecule has 2 N–H and O–H groups in total. The average molecular weight is 293 g/mol. The van der Waals surface area contributed by atoms with Gasteiger partial charge in [0.15, 0.2) is 0 Å². The van der Waals surface area contributed by atoms with Gasteiger partial charge in [0.1, 0.15) is 0 Å². The lowest BCUT2D eigenvalue weighted by Gasteiger charge is -2.32. The highest BCUT2D eigenvalue weighted by Crippen LogP contribution is 2.36. The number of halogens is 4. The van der Waals surface area contributed by atoms with Crippen LogP contribution in [0.1, 0.15) is 24.4 Å². The Morgan fingerprint density at radius 1 is 1.37 bits per heavy atom. The van der Waals surface area contributed by atoms with Crippen molar-refractivity contribution in [1.82, 2.24) is 4.90 Å². The van der Waals surface area contributed by atoms with Gasteiger partial charge in [-0.15, -0.1) is 0 Å². The second kappa shape index (κ2) is 5.69. The molecule has 1 aromatic carbocycles. The van der Waals surface area contributed by atoms with Crippen LogP contribution in [0.15, 0.2) is 24.3 Å². The maximum Gasteiger partial charge on any atom is 0.401 e. The quantitative estimate of drug-likeness (QED) is 0.901. The fourth-order valence-corrected chi connectivity index (χ4v) is 2.48. The standard InChI is InChI=1S/C13H16ClF3N2/c14-10-3-1-2-9(6-10)12(7-18)19(11-4-5-11)8-13(15,16)17/h1-3,6,11-12H,4-5,7-8,18H2. The van der Waals surface area contributed by atoms with Gasteiger partial charge < -0.3 is 5.73 Å². The smallest absolute Gasteiger partial charge is 0.329 e. The van der Waals surface area contributed by atoms with Crippen molar-refractivity contribution in [3.05, 3.63) is 34.9 Å². The van der Waals surface area contributed by atoms with E-state index in [0.29, 0.717) is 5.02 Å². The highest BCUT2D eigenvalue weighted by Gasteiger charge is 2.41. The van der Waals surface area contributed by atoms with E-state index in [9.17, 15) is 13.2 Å². The SMILES string of the molecule is NCC(c1cccc(Cl)c1)N(CC(F)(F)F)C1CC1. The first-order valence-corrected chi connectivity index (χ1v) is 6.56. The summed E-state index contributed by atoms with van der Waals surface area (Å²) in [5, 5.41) is 0.513. The Hall–Kier alpha value is -0.780. The van der Waals surface area contributed by atoms with Gasteiger partial charge in [-0.1, -0.05) is 23.7 Å². The molecule has 0 aromatic heterocycles. The van der Waals surface area contributed by atoms with Crippen molar-refractivity contribution in [2.24, 2.45) is 5.73 Å². The summed E-state index contributed by atoms with van der Waals surface area (Å²) < 4.78 is 38.0. The molecule has 1 atom stereocenters. The van der Waals surface area contributed by atoms with Crippen molar-refractivity contribution in [3.63, 3.8) is 0 Å². The van der Waals surface area contributed by atoms with Crippen molar-refractivity contribution >= 4 is 11.6 Å². The number of rotatable bonds is 5. The molecule has 0 heterocycles. The molecule has 0 spiro atoms. The van der Waals surface area contributed by atoms with Crippen molar-refractivity contribution in [2.45, 2.75) is 31.1 Å². The zero-order chi connectivity index (χ0) is 14.0. The molecule has 19 heavy (non-hydrogen) atoms. The second-order valence-electron chi connectivity index (χ2n) is 4.83. The summed E-state index contributed by atoms with van der Waals surface area (Å²) in [5.74, 6) is 0. The number of hydrogen-bond acceptors (Lipinski definition) is 2. The largest absolute Gasteiger partial charge is 0.401 e. The molecule has 1 aliphatic carbocycles. The molecule has 0 bridgehead atoms. The van der Waals surface area contributed by atoms with Crippen LogP contribution in [0.2, 0.25) is 5.02 Å². The van der Waals surface area contributed by atoms with Gasteiger partial charge in [0.25, 0.3) is 0 Å². The van der Waals surface area contributed by atoms with Crippen LogP contribution < -0.4 is 5.73 Å². The third-order valence-electron chi connectivity index (χ3n) is 3.23. The van der Waals surface area contributed by atoms with E-state index in [4.69, 9.17) is 17.3 Å². The maximum atomic E-state index is 12.7. The normalized spacial score (nSPS) is 17.8. The van der Waals surface area contributed by atoms with Crippen LogP contribution >= 0.6 is 11.6 Å². The van der Waals surface area contributed by atoms with Crippen molar-refractivity contribution < 1.29 is 13.2 Å². The Bertz CT molecular complexity index is 432. The lowest BCUT2D eigenvalue weighted by atomic mass is 10.0. The first-order valence-electron chi connectivity index (χ1n) is 6.19. The minimum Gasteiger partial charge on any atom is -0.329 e. The summed E-state index contributed by atoms with van der Waals surface area (Å²) in [7, 11) is 0. The predicted octanol–water partition coefficient (Wildman–Crippen LogP) is 3.37. The average Bonchev–Trinajstić information content (AvgIpc) is 3.11. The van der Waals surface area contributed by atoms with Crippen molar-refractivity contribution in [2.75, 3.05) is 13.1 Å². The summed E-state index contributed by atoms with van der Waals surface area (Å²) in [6.07, 6.45) is -2.62. The highest BCUT2D eigenvalue weighted by atomic mass is 35.5. The Labute approximate surface area is 115 Å². The molecule has 1 fully saturated rings. The molecule has 0 aliphatic heterocycles. The molecule has 6 heteroatoms. The van der Waals surface area contributed by atoms with Gasteiger partial charge in [0.05, 0.1) is 6.54 Å². The summed E-state index contributed by atoms with van der Waals surface area (Å²) in [5.41, 5.74) is 6.43. The Kier molecular flexibility index (Phi) is 4.38. The van der Waals surface area contributed by atoms with Crippen LogP contribution in [0.5, 0.6) is 0 Å². The fraction of sp³-hybridized carbons (Fsp3) is 0.538. The number of nitrogens with two attached hydrogens (primary N) is 1. The van der Waals surface area contributed by atoms with Gasteiger partial charge in [0.2, 0.25) is 0 Å². The van der Waals surface area contributed by atoms with E-state index in [0.717, 1.165) is 18.4 Å². The number of alkyl halides is 3. The van der Waals surface area contributed by atoms with Crippen LogP contribution in [0.3, 0.4) is 0 Å². The van der Waals surface area contributed by atoms with Gasteiger partial charge >= 0.3 is 6.18 Å². The third-order valence-corrected chi connectivity index (χ3v) is 3.47. The van der Waals surface area contributed by atoms with E-state index in [1.165, 1.54) is 4.90 Å². The number of nitrogens with zero attached hydrogens (tertiary/aromatic N) is 1. The number of benzene rings is 1. The van der Waals surface area contributed by atoms with E-state index < -0.39 is 18.8 Å². The Morgan fingerprint density at radius 3 is 2.53 bits per heavy atom. The monoisotopic (exact) mass is 292 g/mol. The number of hydrogen-bond donors (Lipinski definition) is 1. The van der Waals surface area contributed by atoms with E-state index in [1.807, 2.05) is 0 Å². The van der Waals surface area contributed by atoms with Crippen LogP contribution in [0.25, 0.3) is 0 Å². The second-order valence-corrected chi connectivity index (χ2v) is 5.26. The molecule has 0 saturated heterocycles. The highest BCUT2D eigenvalue weighted by molar-refractivity contribution is 6.30. The van der Waals surface area contributed by atoms with Crippen LogP contribution in [-0.4, -0.2) is 30.2 Å². The van der Waals surface area contributed by atoms with Crippen LogP contribution in [0.4, 0.5) is 13.2 Å². The molecule has 0 amide bonds. The van der Waals surface area contributed by atoms with Gasteiger partial charge in [0, 0.05) is 23.7 Å². The fourth-order valence-electron chi connectivity index (χ4n) is 2.28. The summed E-state index contributed by atoms with van der Waals surface area (Å²) in [4.78, 5) is 1.45. The van der Waals surface area contributed by atoms with E-state index in [1.54, 1.807) is 24.3 Å². The molecule has 2 nitrogen and oxygen atoms in total. The Morgan fingerprint density at radius 2 is 2.05 bits per heavy atom. The van der Waals surface area contributed by atoms with E-state index >= 15 is 0 Å². The molecule has 2 rings (SSSR count).